The number of benzene rings is 1. The molecular weight excluding hydrogens is 250 g/mol. The quantitative estimate of drug-likeness (QED) is 0.890. The van der Waals surface area contributed by atoms with Gasteiger partial charge in [-0.3, -0.25) is 4.90 Å². The van der Waals surface area contributed by atoms with Crippen LogP contribution in [0.5, 0.6) is 0 Å². The van der Waals surface area contributed by atoms with Gasteiger partial charge in [0.15, 0.2) is 0 Å². The summed E-state index contributed by atoms with van der Waals surface area (Å²) in [5.74, 6) is -0.174. The van der Waals surface area contributed by atoms with Gasteiger partial charge in [0.2, 0.25) is 0 Å². The Morgan fingerprint density at radius 3 is 2.38 bits per heavy atom. The van der Waals surface area contributed by atoms with Crippen LogP contribution in [0.1, 0.15) is 12.0 Å². The molecule has 1 atom stereocenters. The van der Waals surface area contributed by atoms with Gasteiger partial charge in [-0.05, 0) is 24.1 Å². The summed E-state index contributed by atoms with van der Waals surface area (Å²) in [4.78, 5) is 2.30. The van der Waals surface area contributed by atoms with Crippen LogP contribution in [-0.2, 0) is 6.54 Å². The van der Waals surface area contributed by atoms with E-state index in [0.29, 0.717) is 6.04 Å². The maximum Gasteiger partial charge on any atom is 0.123 e. The van der Waals surface area contributed by atoms with Crippen molar-refractivity contribution in [2.45, 2.75) is 19.0 Å². The molecule has 0 aliphatic carbocycles. The van der Waals surface area contributed by atoms with Crippen molar-refractivity contribution >= 4 is 24.8 Å². The van der Waals surface area contributed by atoms with Gasteiger partial charge in [0.05, 0.1) is 0 Å². The molecule has 0 aromatic heterocycles. The highest BCUT2D eigenvalue weighted by Gasteiger charge is 2.18. The maximum atomic E-state index is 12.6. The highest BCUT2D eigenvalue weighted by molar-refractivity contribution is 5.85. The van der Waals surface area contributed by atoms with E-state index >= 15 is 0 Å². The summed E-state index contributed by atoms with van der Waals surface area (Å²) in [5.41, 5.74) is 6.95. The number of rotatable bonds is 2. The lowest BCUT2D eigenvalue weighted by Gasteiger charge is -2.14. The van der Waals surface area contributed by atoms with E-state index in [4.69, 9.17) is 5.73 Å². The second kappa shape index (κ2) is 7.07. The molecule has 5 heteroatoms. The van der Waals surface area contributed by atoms with Crippen LogP contribution < -0.4 is 5.73 Å². The fourth-order valence-electron chi connectivity index (χ4n) is 1.85. The number of nitrogens with two attached hydrogens (primary N) is 1. The number of halogens is 3. The summed E-state index contributed by atoms with van der Waals surface area (Å²) < 4.78 is 12.6. The number of hydrogen-bond acceptors (Lipinski definition) is 2. The number of hydrogen-bond donors (Lipinski definition) is 1. The smallest absolute Gasteiger partial charge is 0.123 e. The van der Waals surface area contributed by atoms with E-state index in [9.17, 15) is 4.39 Å². The summed E-state index contributed by atoms with van der Waals surface area (Å²) in [6.07, 6.45) is 1.07. The molecule has 2 rings (SSSR count). The zero-order valence-corrected chi connectivity index (χ0v) is 10.6. The van der Waals surface area contributed by atoms with Gasteiger partial charge in [-0.25, -0.2) is 4.39 Å². The van der Waals surface area contributed by atoms with Crippen molar-refractivity contribution < 1.29 is 4.39 Å². The summed E-state index contributed by atoms with van der Waals surface area (Å²) in [7, 11) is 0. The first-order valence-electron chi connectivity index (χ1n) is 4.96. The molecule has 2 nitrogen and oxygen atoms in total. The summed E-state index contributed by atoms with van der Waals surface area (Å²) in [6.45, 7) is 2.89. The van der Waals surface area contributed by atoms with E-state index in [2.05, 4.69) is 4.90 Å². The van der Waals surface area contributed by atoms with Crippen molar-refractivity contribution in [3.05, 3.63) is 35.6 Å². The lowest BCUT2D eigenvalue weighted by molar-refractivity contribution is 0.327. The van der Waals surface area contributed by atoms with Crippen molar-refractivity contribution in [1.82, 2.24) is 4.90 Å². The zero-order valence-electron chi connectivity index (χ0n) is 8.93. The van der Waals surface area contributed by atoms with Crippen LogP contribution in [0, 0.1) is 5.82 Å². The normalized spacial score (nSPS) is 20.0. The Labute approximate surface area is 108 Å². The fourth-order valence-corrected chi connectivity index (χ4v) is 1.85. The largest absolute Gasteiger partial charge is 0.326 e. The molecule has 1 aromatic carbocycles. The van der Waals surface area contributed by atoms with E-state index in [1.54, 1.807) is 0 Å². The summed E-state index contributed by atoms with van der Waals surface area (Å²) >= 11 is 0. The predicted octanol–water partition coefficient (Wildman–Crippen LogP) is 2.20. The third-order valence-corrected chi connectivity index (χ3v) is 2.63. The van der Waals surface area contributed by atoms with Crippen molar-refractivity contribution in [2.24, 2.45) is 5.73 Å². The Morgan fingerprint density at radius 1 is 1.25 bits per heavy atom. The molecule has 1 aromatic rings. The van der Waals surface area contributed by atoms with E-state index in [1.807, 2.05) is 12.1 Å². The molecular formula is C11H17Cl2FN2. The van der Waals surface area contributed by atoms with Gasteiger partial charge in [-0.2, -0.15) is 0 Å². The van der Waals surface area contributed by atoms with Gasteiger partial charge in [-0.1, -0.05) is 12.1 Å². The third-order valence-electron chi connectivity index (χ3n) is 2.63. The monoisotopic (exact) mass is 266 g/mol. The number of likely N-dealkylation sites (tertiary alicyclic amines) is 1. The molecule has 1 heterocycles. The Morgan fingerprint density at radius 2 is 1.88 bits per heavy atom. The lowest BCUT2D eigenvalue weighted by Crippen LogP contribution is -2.26. The number of nitrogens with zero attached hydrogens (tertiary/aromatic N) is 1. The molecule has 1 fully saturated rings. The van der Waals surface area contributed by atoms with E-state index in [1.165, 1.54) is 12.1 Å². The first-order chi connectivity index (χ1) is 6.74. The molecule has 16 heavy (non-hydrogen) atoms. The van der Waals surface area contributed by atoms with Crippen LogP contribution in [0.25, 0.3) is 0 Å². The highest BCUT2D eigenvalue weighted by atomic mass is 35.5. The van der Waals surface area contributed by atoms with E-state index in [-0.39, 0.29) is 30.6 Å². The second-order valence-electron chi connectivity index (χ2n) is 3.91. The minimum atomic E-state index is -0.174. The van der Waals surface area contributed by atoms with Crippen LogP contribution in [0.3, 0.4) is 0 Å². The Balaban J connectivity index is 0.00000112. The molecule has 1 aliphatic heterocycles. The molecule has 0 radical (unpaired) electrons. The molecule has 1 aliphatic rings. The molecule has 1 saturated heterocycles. The van der Waals surface area contributed by atoms with Gasteiger partial charge in [-0.15, -0.1) is 24.8 Å². The van der Waals surface area contributed by atoms with Crippen molar-refractivity contribution in [1.29, 1.82) is 0 Å². The van der Waals surface area contributed by atoms with Crippen LogP contribution in [0.2, 0.25) is 0 Å². The average Bonchev–Trinajstić information content (AvgIpc) is 2.56. The predicted molar refractivity (Wildman–Crippen MR) is 68.8 cm³/mol. The van der Waals surface area contributed by atoms with Crippen molar-refractivity contribution in [3.8, 4) is 0 Å². The van der Waals surface area contributed by atoms with Crippen molar-refractivity contribution in [3.63, 3.8) is 0 Å². The molecule has 0 unspecified atom stereocenters. The topological polar surface area (TPSA) is 29.3 Å². The SMILES string of the molecule is Cl.Cl.N[C@@H]1CCN(Cc2ccc(F)cc2)C1. The molecule has 0 saturated carbocycles. The highest BCUT2D eigenvalue weighted by Crippen LogP contribution is 2.12. The van der Waals surface area contributed by atoms with Crippen LogP contribution in [0.15, 0.2) is 24.3 Å². The van der Waals surface area contributed by atoms with Gasteiger partial charge >= 0.3 is 0 Å². The molecule has 2 N–H and O–H groups in total. The first kappa shape index (κ1) is 15.7. The van der Waals surface area contributed by atoms with Crippen LogP contribution in [0.4, 0.5) is 4.39 Å². The molecule has 0 spiro atoms. The Hall–Kier alpha value is -0.350. The average molecular weight is 267 g/mol. The minimum absolute atomic E-state index is 0. The van der Waals surface area contributed by atoms with E-state index in [0.717, 1.165) is 31.6 Å². The van der Waals surface area contributed by atoms with Gasteiger partial charge < -0.3 is 5.73 Å². The minimum Gasteiger partial charge on any atom is -0.326 e. The fraction of sp³-hybridized carbons (Fsp3) is 0.455. The molecule has 0 amide bonds. The van der Waals surface area contributed by atoms with Crippen LogP contribution >= 0.6 is 24.8 Å². The summed E-state index contributed by atoms with van der Waals surface area (Å²) in [6, 6.07) is 6.99. The molecule has 0 bridgehead atoms. The Bertz CT molecular complexity index is 305. The van der Waals surface area contributed by atoms with Gasteiger partial charge in [0, 0.05) is 25.7 Å². The first-order valence-corrected chi connectivity index (χ1v) is 4.96. The summed E-state index contributed by atoms with van der Waals surface area (Å²) in [5, 5.41) is 0. The van der Waals surface area contributed by atoms with Gasteiger partial charge in [0.25, 0.3) is 0 Å². The van der Waals surface area contributed by atoms with Gasteiger partial charge in [0.1, 0.15) is 5.82 Å². The second-order valence-corrected chi connectivity index (χ2v) is 3.91. The standard InChI is InChI=1S/C11H15FN2.2ClH/c12-10-3-1-9(2-4-10)7-14-6-5-11(13)8-14;;/h1-4,11H,5-8,13H2;2*1H/t11-;;/m1../s1. The maximum absolute atomic E-state index is 12.6. The van der Waals surface area contributed by atoms with Crippen LogP contribution in [-0.4, -0.2) is 24.0 Å². The van der Waals surface area contributed by atoms with E-state index < -0.39 is 0 Å². The third kappa shape index (κ3) is 4.26. The van der Waals surface area contributed by atoms with Crippen molar-refractivity contribution in [2.75, 3.05) is 13.1 Å². The zero-order chi connectivity index (χ0) is 9.97. The molecule has 92 valence electrons. The lowest BCUT2D eigenvalue weighted by atomic mass is 10.2. The Kier molecular flexibility index (Phi) is 6.91.